The molecule has 0 aliphatic carbocycles. The zero-order chi connectivity index (χ0) is 13.9. The topological polar surface area (TPSA) is 86.3 Å². The van der Waals surface area contributed by atoms with Crippen LogP contribution in [0.15, 0.2) is 29.2 Å². The van der Waals surface area contributed by atoms with Crippen molar-refractivity contribution in [2.45, 2.75) is 24.8 Å². The molecule has 100 valence electrons. The van der Waals surface area contributed by atoms with Crippen molar-refractivity contribution in [3.63, 3.8) is 0 Å². The van der Waals surface area contributed by atoms with E-state index >= 15 is 0 Å². The molecule has 0 amide bonds. The van der Waals surface area contributed by atoms with Gasteiger partial charge in [0.1, 0.15) is 5.82 Å². The average Bonchev–Trinajstić information content (AvgIpc) is 2.26. The number of sulfonamides is 1. The SMILES string of the molecule is CC(C)[C@@H](NS(=O)(=O)c1ccc(F)cc1)C(=O)[O-]. The van der Waals surface area contributed by atoms with Gasteiger partial charge in [-0.05, 0) is 30.2 Å². The van der Waals surface area contributed by atoms with Gasteiger partial charge in [0.25, 0.3) is 0 Å². The molecule has 7 heteroatoms. The van der Waals surface area contributed by atoms with Crippen LogP contribution < -0.4 is 9.83 Å². The molecule has 5 nitrogen and oxygen atoms in total. The molecule has 1 aromatic rings. The number of carboxylic acid groups (broad SMARTS) is 1. The Bertz CT molecular complexity index is 524. The predicted octanol–water partition coefficient (Wildman–Crippen LogP) is -0.122. The maximum atomic E-state index is 12.7. The highest BCUT2D eigenvalue weighted by molar-refractivity contribution is 7.89. The number of hydrogen-bond acceptors (Lipinski definition) is 4. The molecule has 0 aliphatic heterocycles. The molecule has 0 radical (unpaired) electrons. The van der Waals surface area contributed by atoms with E-state index < -0.39 is 33.8 Å². The van der Waals surface area contributed by atoms with Crippen molar-refractivity contribution in [2.24, 2.45) is 5.92 Å². The number of carbonyl (C=O) groups excluding carboxylic acids is 1. The first-order chi connectivity index (χ1) is 8.24. The van der Waals surface area contributed by atoms with E-state index in [9.17, 15) is 22.7 Å². The van der Waals surface area contributed by atoms with Crippen molar-refractivity contribution in [3.8, 4) is 0 Å². The van der Waals surface area contributed by atoms with Gasteiger partial charge in [-0.15, -0.1) is 0 Å². The van der Waals surface area contributed by atoms with E-state index in [1.807, 2.05) is 4.72 Å². The first-order valence-electron chi connectivity index (χ1n) is 5.23. The highest BCUT2D eigenvalue weighted by Crippen LogP contribution is 2.12. The summed E-state index contributed by atoms with van der Waals surface area (Å²) in [5.74, 6) is -2.55. The Morgan fingerprint density at radius 1 is 1.28 bits per heavy atom. The molecule has 0 saturated heterocycles. The molecule has 18 heavy (non-hydrogen) atoms. The molecule has 0 heterocycles. The first kappa shape index (κ1) is 14.6. The molecule has 0 aliphatic rings. The van der Waals surface area contributed by atoms with Crippen LogP contribution in [0.25, 0.3) is 0 Å². The molecule has 0 spiro atoms. The maximum Gasteiger partial charge on any atom is 0.241 e. The smallest absolute Gasteiger partial charge is 0.241 e. The number of halogens is 1. The quantitative estimate of drug-likeness (QED) is 0.811. The van der Waals surface area contributed by atoms with Crippen LogP contribution in [0, 0.1) is 11.7 Å². The maximum absolute atomic E-state index is 12.7. The van der Waals surface area contributed by atoms with Gasteiger partial charge in [0, 0.05) is 0 Å². The van der Waals surface area contributed by atoms with Crippen molar-refractivity contribution in [3.05, 3.63) is 30.1 Å². The fourth-order valence-corrected chi connectivity index (χ4v) is 2.64. The fourth-order valence-electron chi connectivity index (χ4n) is 1.31. The van der Waals surface area contributed by atoms with E-state index in [2.05, 4.69) is 0 Å². The summed E-state index contributed by atoms with van der Waals surface area (Å²) in [7, 11) is -4.00. The molecule has 1 aromatic carbocycles. The van der Waals surface area contributed by atoms with Crippen molar-refractivity contribution in [1.82, 2.24) is 4.72 Å². The second kappa shape index (κ2) is 5.45. The van der Waals surface area contributed by atoms with Gasteiger partial charge < -0.3 is 9.90 Å². The third-order valence-corrected chi connectivity index (χ3v) is 3.78. The minimum Gasteiger partial charge on any atom is -0.548 e. The van der Waals surface area contributed by atoms with Gasteiger partial charge in [-0.2, -0.15) is 0 Å². The molecule has 1 rings (SSSR count). The van der Waals surface area contributed by atoms with Crippen molar-refractivity contribution in [1.29, 1.82) is 0 Å². The highest BCUT2D eigenvalue weighted by Gasteiger charge is 2.23. The fraction of sp³-hybridized carbons (Fsp3) is 0.364. The summed E-state index contributed by atoms with van der Waals surface area (Å²) in [4.78, 5) is 10.6. The minimum atomic E-state index is -4.00. The van der Waals surface area contributed by atoms with Crippen LogP contribution >= 0.6 is 0 Å². The lowest BCUT2D eigenvalue weighted by atomic mass is 10.1. The molecular formula is C11H13FNO4S-. The Morgan fingerprint density at radius 2 is 1.78 bits per heavy atom. The van der Waals surface area contributed by atoms with Gasteiger partial charge in [-0.25, -0.2) is 17.5 Å². The summed E-state index contributed by atoms with van der Waals surface area (Å²) in [6, 6.07) is 2.75. The van der Waals surface area contributed by atoms with Gasteiger partial charge in [0.15, 0.2) is 0 Å². The van der Waals surface area contributed by atoms with Crippen LogP contribution in [0.2, 0.25) is 0 Å². The monoisotopic (exact) mass is 274 g/mol. The molecule has 0 unspecified atom stereocenters. The normalized spacial score (nSPS) is 13.6. The third-order valence-electron chi connectivity index (χ3n) is 2.33. The van der Waals surface area contributed by atoms with Gasteiger partial charge in [0.05, 0.1) is 16.9 Å². The standard InChI is InChI=1S/C11H14FNO4S/c1-7(2)10(11(14)15)13-18(16,17)9-5-3-8(12)4-6-9/h3-7,10,13H,1-2H3,(H,14,15)/p-1/t10-/m1/s1. The Balaban J connectivity index is 3.01. The summed E-state index contributed by atoms with van der Waals surface area (Å²) >= 11 is 0. The molecule has 1 atom stereocenters. The molecule has 0 fully saturated rings. The lowest BCUT2D eigenvalue weighted by Gasteiger charge is -2.22. The number of benzene rings is 1. The minimum absolute atomic E-state index is 0.198. The van der Waals surface area contributed by atoms with Crippen LogP contribution in [0.3, 0.4) is 0 Å². The largest absolute Gasteiger partial charge is 0.548 e. The number of rotatable bonds is 5. The second-order valence-corrected chi connectivity index (χ2v) is 5.83. The van der Waals surface area contributed by atoms with Gasteiger partial charge in [0.2, 0.25) is 10.0 Å². The van der Waals surface area contributed by atoms with E-state index in [0.717, 1.165) is 24.3 Å². The number of aliphatic carboxylic acids is 1. The molecule has 0 bridgehead atoms. The Labute approximate surface area is 105 Å². The van der Waals surface area contributed by atoms with Gasteiger partial charge in [-0.1, -0.05) is 13.8 Å². The number of hydrogen-bond donors (Lipinski definition) is 1. The zero-order valence-electron chi connectivity index (χ0n) is 9.88. The second-order valence-electron chi connectivity index (χ2n) is 4.12. The number of nitrogens with one attached hydrogen (secondary N) is 1. The van der Waals surface area contributed by atoms with Crippen molar-refractivity contribution in [2.75, 3.05) is 0 Å². The summed E-state index contributed by atoms with van der Waals surface area (Å²) in [6.07, 6.45) is 0. The lowest BCUT2D eigenvalue weighted by Crippen LogP contribution is -2.50. The molecule has 0 saturated carbocycles. The predicted molar refractivity (Wildman–Crippen MR) is 60.4 cm³/mol. The summed E-state index contributed by atoms with van der Waals surface area (Å²) in [5, 5.41) is 10.8. The first-order valence-corrected chi connectivity index (χ1v) is 6.71. The highest BCUT2D eigenvalue weighted by atomic mass is 32.2. The van der Waals surface area contributed by atoms with Crippen LogP contribution in [0.4, 0.5) is 4.39 Å². The van der Waals surface area contributed by atoms with Crippen LogP contribution in [0.5, 0.6) is 0 Å². The molecular weight excluding hydrogens is 261 g/mol. The van der Waals surface area contributed by atoms with Gasteiger partial charge in [-0.3, -0.25) is 0 Å². The average molecular weight is 274 g/mol. The van der Waals surface area contributed by atoms with Crippen LogP contribution in [0.1, 0.15) is 13.8 Å². The lowest BCUT2D eigenvalue weighted by molar-refractivity contribution is -0.309. The molecule has 1 N–H and O–H groups in total. The van der Waals surface area contributed by atoms with Gasteiger partial charge >= 0.3 is 0 Å². The molecule has 0 aromatic heterocycles. The van der Waals surface area contributed by atoms with E-state index in [1.165, 1.54) is 0 Å². The summed E-state index contributed by atoms with van der Waals surface area (Å²) < 4.78 is 38.4. The van der Waals surface area contributed by atoms with Crippen molar-refractivity contribution >= 4 is 16.0 Å². The van der Waals surface area contributed by atoms with Crippen LogP contribution in [-0.2, 0) is 14.8 Å². The Morgan fingerprint density at radius 3 is 2.17 bits per heavy atom. The number of carboxylic acids is 1. The van der Waals surface area contributed by atoms with Crippen LogP contribution in [-0.4, -0.2) is 20.4 Å². The Hall–Kier alpha value is -1.47. The Kier molecular flexibility index (Phi) is 4.42. The zero-order valence-corrected chi connectivity index (χ0v) is 10.7. The van der Waals surface area contributed by atoms with E-state index in [4.69, 9.17) is 0 Å². The van der Waals surface area contributed by atoms with Crippen molar-refractivity contribution < 1.29 is 22.7 Å². The van der Waals surface area contributed by atoms with E-state index in [-0.39, 0.29) is 4.90 Å². The van der Waals surface area contributed by atoms with E-state index in [0.29, 0.717) is 0 Å². The van der Waals surface area contributed by atoms with E-state index in [1.54, 1.807) is 13.8 Å². The third kappa shape index (κ3) is 3.51. The summed E-state index contributed by atoms with van der Waals surface area (Å²) in [6.45, 7) is 3.10. The number of carbonyl (C=O) groups is 1. The summed E-state index contributed by atoms with van der Waals surface area (Å²) in [5.41, 5.74) is 0.